The smallest absolute Gasteiger partial charge is 0.227 e. The number of hydrogen-bond acceptors (Lipinski definition) is 3. The van der Waals surface area contributed by atoms with Gasteiger partial charge in [-0.3, -0.25) is 9.59 Å². The first-order chi connectivity index (χ1) is 14.0. The number of benzene rings is 2. The lowest BCUT2D eigenvalue weighted by atomic mass is 9.91. The predicted molar refractivity (Wildman–Crippen MR) is 122 cm³/mol. The van der Waals surface area contributed by atoms with Crippen molar-refractivity contribution in [3.05, 3.63) is 71.3 Å². The second-order valence-electron chi connectivity index (χ2n) is 8.03. The quantitative estimate of drug-likeness (QED) is 0.736. The van der Waals surface area contributed by atoms with Crippen molar-refractivity contribution in [1.82, 2.24) is 10.2 Å². The highest BCUT2D eigenvalue weighted by Gasteiger charge is 2.31. The molecule has 2 atom stereocenters. The van der Waals surface area contributed by atoms with E-state index in [9.17, 15) is 9.59 Å². The third-order valence-electron chi connectivity index (χ3n) is 5.88. The van der Waals surface area contributed by atoms with Crippen LogP contribution in [0.5, 0.6) is 0 Å². The van der Waals surface area contributed by atoms with Crippen molar-refractivity contribution in [2.75, 3.05) is 13.1 Å². The van der Waals surface area contributed by atoms with Crippen LogP contribution in [0.2, 0.25) is 0 Å². The minimum Gasteiger partial charge on any atom is -0.352 e. The Hall–Kier alpha value is -2.37. The fourth-order valence-corrected chi connectivity index (χ4v) is 3.81. The van der Waals surface area contributed by atoms with Crippen molar-refractivity contribution >= 4 is 24.2 Å². The Kier molecular flexibility index (Phi) is 8.88. The van der Waals surface area contributed by atoms with Crippen molar-refractivity contribution in [1.29, 1.82) is 0 Å². The molecule has 0 saturated carbocycles. The Morgan fingerprint density at radius 3 is 2.27 bits per heavy atom. The van der Waals surface area contributed by atoms with Gasteiger partial charge in [-0.2, -0.15) is 0 Å². The maximum atomic E-state index is 12.9. The van der Waals surface area contributed by atoms with Crippen LogP contribution in [0.4, 0.5) is 0 Å². The fourth-order valence-electron chi connectivity index (χ4n) is 3.81. The molecule has 0 aromatic heterocycles. The Balaban J connectivity index is 0.00000320. The molecule has 5 nitrogen and oxygen atoms in total. The highest BCUT2D eigenvalue weighted by atomic mass is 35.5. The Labute approximate surface area is 185 Å². The van der Waals surface area contributed by atoms with Crippen LogP contribution in [0, 0.1) is 18.8 Å². The second-order valence-corrected chi connectivity index (χ2v) is 8.03. The maximum Gasteiger partial charge on any atom is 0.227 e. The third-order valence-corrected chi connectivity index (χ3v) is 5.88. The topological polar surface area (TPSA) is 75.4 Å². The number of carbonyl (C=O) groups excluding carboxylic acids is 2. The molecule has 30 heavy (non-hydrogen) atoms. The minimum atomic E-state index is -0.320. The van der Waals surface area contributed by atoms with Crippen molar-refractivity contribution in [3.63, 3.8) is 0 Å². The van der Waals surface area contributed by atoms with E-state index in [1.807, 2.05) is 73.3 Å². The first-order valence-corrected chi connectivity index (χ1v) is 10.4. The summed E-state index contributed by atoms with van der Waals surface area (Å²) in [4.78, 5) is 27.2. The summed E-state index contributed by atoms with van der Waals surface area (Å²) in [5, 5.41) is 3.03. The van der Waals surface area contributed by atoms with E-state index in [-0.39, 0.29) is 42.1 Å². The molecule has 2 aromatic rings. The molecule has 2 unspecified atom stereocenters. The monoisotopic (exact) mass is 429 g/mol. The Bertz CT molecular complexity index is 818. The number of likely N-dealkylation sites (tertiary alicyclic amines) is 1. The number of halogens is 1. The van der Waals surface area contributed by atoms with Crippen molar-refractivity contribution in [3.8, 4) is 0 Å². The van der Waals surface area contributed by atoms with Crippen LogP contribution in [0.25, 0.3) is 0 Å². The van der Waals surface area contributed by atoms with E-state index < -0.39 is 0 Å². The number of aryl methyl sites for hydroxylation is 1. The van der Waals surface area contributed by atoms with Gasteiger partial charge in [-0.1, -0.05) is 67.1 Å². The standard InChI is InChI=1S/C24H31N3O2.ClH/c1-17-8-10-19(11-9-17)16-26-23(28)21-12-14-27(15-13-21)24(29)18(2)22(25)20-6-4-3-5-7-20;/h3-11,18,21-22H,12-16,25H2,1-2H3,(H,26,28);1H. The van der Waals surface area contributed by atoms with Gasteiger partial charge in [0.1, 0.15) is 0 Å². The number of nitrogens with zero attached hydrogens (tertiary/aromatic N) is 1. The molecule has 2 aromatic carbocycles. The summed E-state index contributed by atoms with van der Waals surface area (Å²) in [5.41, 5.74) is 9.59. The molecule has 0 aliphatic carbocycles. The van der Waals surface area contributed by atoms with E-state index in [1.165, 1.54) is 5.56 Å². The highest BCUT2D eigenvalue weighted by molar-refractivity contribution is 5.85. The summed E-state index contributed by atoms with van der Waals surface area (Å²) in [7, 11) is 0. The summed E-state index contributed by atoms with van der Waals surface area (Å²) in [6.07, 6.45) is 1.39. The molecule has 1 saturated heterocycles. The molecule has 0 radical (unpaired) electrons. The van der Waals surface area contributed by atoms with Crippen molar-refractivity contribution < 1.29 is 9.59 Å². The number of rotatable bonds is 6. The van der Waals surface area contributed by atoms with Crippen LogP contribution in [0.1, 0.15) is 42.5 Å². The van der Waals surface area contributed by atoms with Gasteiger partial charge in [0, 0.05) is 31.6 Å². The molecular weight excluding hydrogens is 398 g/mol. The van der Waals surface area contributed by atoms with Crippen LogP contribution in [-0.4, -0.2) is 29.8 Å². The van der Waals surface area contributed by atoms with E-state index >= 15 is 0 Å². The van der Waals surface area contributed by atoms with Crippen LogP contribution < -0.4 is 11.1 Å². The first kappa shape index (κ1) is 23.9. The predicted octanol–water partition coefficient (Wildman–Crippen LogP) is 3.61. The van der Waals surface area contributed by atoms with Gasteiger partial charge in [-0.25, -0.2) is 0 Å². The Morgan fingerprint density at radius 1 is 1.07 bits per heavy atom. The zero-order chi connectivity index (χ0) is 20.8. The summed E-state index contributed by atoms with van der Waals surface area (Å²) in [6.45, 7) is 5.69. The SMILES string of the molecule is Cc1ccc(CNC(=O)C2CCN(C(=O)C(C)C(N)c3ccccc3)CC2)cc1.Cl. The molecule has 6 heteroatoms. The zero-order valence-electron chi connectivity index (χ0n) is 17.7. The van der Waals surface area contributed by atoms with Gasteiger partial charge in [-0.15, -0.1) is 12.4 Å². The number of carbonyl (C=O) groups is 2. The highest BCUT2D eigenvalue weighted by Crippen LogP contribution is 2.24. The maximum absolute atomic E-state index is 12.9. The molecule has 3 N–H and O–H groups in total. The van der Waals surface area contributed by atoms with Crippen molar-refractivity contribution in [2.45, 2.75) is 39.3 Å². The average molecular weight is 430 g/mol. The summed E-state index contributed by atoms with van der Waals surface area (Å²) in [5.74, 6) is -0.182. The zero-order valence-corrected chi connectivity index (χ0v) is 18.5. The molecule has 1 fully saturated rings. The second kappa shape index (κ2) is 11.1. The fraction of sp³-hybridized carbons (Fsp3) is 0.417. The van der Waals surface area contributed by atoms with E-state index in [0.29, 0.717) is 32.5 Å². The van der Waals surface area contributed by atoms with E-state index in [0.717, 1.165) is 11.1 Å². The van der Waals surface area contributed by atoms with Crippen LogP contribution in [0.15, 0.2) is 54.6 Å². The number of nitrogens with one attached hydrogen (secondary N) is 1. The van der Waals surface area contributed by atoms with Gasteiger partial charge in [-0.05, 0) is 30.9 Å². The summed E-state index contributed by atoms with van der Waals surface area (Å²) >= 11 is 0. The molecule has 3 rings (SSSR count). The molecule has 0 bridgehead atoms. The lowest BCUT2D eigenvalue weighted by Crippen LogP contribution is -2.46. The van der Waals surface area contributed by atoms with Crippen LogP contribution >= 0.6 is 12.4 Å². The number of hydrogen-bond donors (Lipinski definition) is 2. The number of piperidine rings is 1. The number of amides is 2. The van der Waals surface area contributed by atoms with E-state index in [4.69, 9.17) is 5.73 Å². The molecule has 1 aliphatic rings. The molecule has 162 valence electrons. The molecule has 1 heterocycles. The van der Waals surface area contributed by atoms with E-state index in [2.05, 4.69) is 5.32 Å². The summed E-state index contributed by atoms with van der Waals surface area (Å²) in [6, 6.07) is 17.6. The summed E-state index contributed by atoms with van der Waals surface area (Å²) < 4.78 is 0. The average Bonchev–Trinajstić information content (AvgIpc) is 2.77. The molecule has 0 spiro atoms. The van der Waals surface area contributed by atoms with Gasteiger partial charge < -0.3 is 16.0 Å². The van der Waals surface area contributed by atoms with Gasteiger partial charge >= 0.3 is 0 Å². The normalized spacial score (nSPS) is 16.3. The first-order valence-electron chi connectivity index (χ1n) is 10.4. The largest absolute Gasteiger partial charge is 0.352 e. The van der Waals surface area contributed by atoms with Gasteiger partial charge in [0.25, 0.3) is 0 Å². The lowest BCUT2D eigenvalue weighted by Gasteiger charge is -2.34. The Morgan fingerprint density at radius 2 is 1.67 bits per heavy atom. The minimum absolute atomic E-state index is 0. The molecule has 2 amide bonds. The van der Waals surface area contributed by atoms with Crippen LogP contribution in [0.3, 0.4) is 0 Å². The number of nitrogens with two attached hydrogens (primary N) is 1. The van der Waals surface area contributed by atoms with Crippen molar-refractivity contribution in [2.24, 2.45) is 17.6 Å². The van der Waals surface area contributed by atoms with Crippen LogP contribution in [-0.2, 0) is 16.1 Å². The molecular formula is C24H32ClN3O2. The van der Waals surface area contributed by atoms with Gasteiger partial charge in [0.05, 0.1) is 5.92 Å². The lowest BCUT2D eigenvalue weighted by molar-refractivity contribution is -0.139. The van der Waals surface area contributed by atoms with Gasteiger partial charge in [0.2, 0.25) is 11.8 Å². The van der Waals surface area contributed by atoms with Gasteiger partial charge in [0.15, 0.2) is 0 Å². The molecule has 1 aliphatic heterocycles. The third kappa shape index (κ3) is 6.07. The van der Waals surface area contributed by atoms with E-state index in [1.54, 1.807) is 0 Å².